The zero-order valence-corrected chi connectivity index (χ0v) is 9.94. The summed E-state index contributed by atoms with van der Waals surface area (Å²) >= 11 is 15.2. The molecule has 0 aliphatic heterocycles. The van der Waals surface area contributed by atoms with E-state index < -0.39 is 6.92 Å². The van der Waals surface area contributed by atoms with Crippen molar-refractivity contribution in [3.8, 4) is 0 Å². The summed E-state index contributed by atoms with van der Waals surface area (Å²) in [4.78, 5) is 18.3. The third-order valence-corrected chi connectivity index (χ3v) is 3.36. The van der Waals surface area contributed by atoms with Crippen molar-refractivity contribution in [2.45, 2.75) is 6.16 Å². The van der Waals surface area contributed by atoms with Crippen LogP contribution in [0.15, 0.2) is 18.2 Å². The second-order valence-electron chi connectivity index (χ2n) is 2.69. The maximum atomic E-state index is 9.13. The van der Waals surface area contributed by atoms with Gasteiger partial charge >= 0.3 is 92.1 Å². The van der Waals surface area contributed by atoms with Crippen LogP contribution in [-0.4, -0.2) is 9.79 Å². The molecule has 0 radical (unpaired) electrons. The average Bonchev–Trinajstić information content (AvgIpc) is 1.93. The van der Waals surface area contributed by atoms with Crippen molar-refractivity contribution in [3.63, 3.8) is 0 Å². The summed E-state index contributed by atoms with van der Waals surface area (Å²) < 4.78 is 0. The summed E-state index contributed by atoms with van der Waals surface area (Å²) in [6, 6.07) is 4.87. The molecule has 0 heterocycles. The van der Waals surface area contributed by atoms with Gasteiger partial charge in [-0.05, 0) is 0 Å². The zero-order chi connectivity index (χ0) is 10.1. The van der Waals surface area contributed by atoms with E-state index in [1.54, 1.807) is 18.2 Å². The van der Waals surface area contributed by atoms with Crippen LogP contribution in [0.25, 0.3) is 0 Å². The van der Waals surface area contributed by atoms with Crippen LogP contribution in [0.2, 0.25) is 10.0 Å². The van der Waals surface area contributed by atoms with E-state index >= 15 is 0 Å². The molecule has 0 saturated heterocycles. The van der Waals surface area contributed by atoms with Crippen molar-refractivity contribution in [1.29, 1.82) is 0 Å². The molecular weight excluding hydrogens is 250 g/mol. The second kappa shape index (κ2) is 4.35. The summed E-state index contributed by atoms with van der Waals surface area (Å²) in [5.74, 6) is 0. The molecule has 0 bridgehead atoms. The molecule has 0 aliphatic rings. The van der Waals surface area contributed by atoms with Crippen LogP contribution in [0.4, 0.5) is 0 Å². The molecule has 6 heteroatoms. The molecule has 1 aromatic carbocycles. The molecule has 2 N–H and O–H groups in total. The van der Waals surface area contributed by atoms with Crippen LogP contribution >= 0.6 is 42.4 Å². The van der Waals surface area contributed by atoms with Gasteiger partial charge in [-0.15, -0.1) is 0 Å². The van der Waals surface area contributed by atoms with Gasteiger partial charge in [0, 0.05) is 0 Å². The van der Waals surface area contributed by atoms with Crippen LogP contribution in [0.3, 0.4) is 0 Å². The van der Waals surface area contributed by atoms with E-state index in [-0.39, 0.29) is 6.16 Å². The van der Waals surface area contributed by atoms with Gasteiger partial charge < -0.3 is 0 Å². The predicted octanol–water partition coefficient (Wildman–Crippen LogP) is 2.90. The molecule has 0 atom stereocenters. The molecule has 2 nitrogen and oxygen atoms in total. The predicted molar refractivity (Wildman–Crippen MR) is 61.9 cm³/mol. The maximum absolute atomic E-state index is 9.13. The van der Waals surface area contributed by atoms with E-state index in [0.717, 1.165) is 0 Å². The zero-order valence-electron chi connectivity index (χ0n) is 6.54. The minimum atomic E-state index is -3.38. The monoisotopic (exact) mass is 258 g/mol. The van der Waals surface area contributed by atoms with Crippen molar-refractivity contribution >= 4 is 42.4 Å². The van der Waals surface area contributed by atoms with Crippen LogP contribution < -0.4 is 0 Å². The van der Waals surface area contributed by atoms with Crippen LogP contribution in [0.5, 0.6) is 0 Å². The Bertz CT molecular complexity index is 314. The Morgan fingerprint density at radius 3 is 2.38 bits per heavy atom. The fraction of sp³-hybridized carbons (Fsp3) is 0.143. The Morgan fingerprint density at radius 2 is 1.92 bits per heavy atom. The van der Waals surface area contributed by atoms with E-state index in [1.165, 1.54) is 0 Å². The topological polar surface area (TPSA) is 40.5 Å². The number of thiol groups is 1. The van der Waals surface area contributed by atoms with Crippen LogP contribution in [0.1, 0.15) is 5.56 Å². The van der Waals surface area contributed by atoms with Crippen molar-refractivity contribution in [2.24, 2.45) is 0 Å². The van der Waals surface area contributed by atoms with Crippen molar-refractivity contribution < 1.29 is 9.79 Å². The quantitative estimate of drug-likeness (QED) is 0.564. The van der Waals surface area contributed by atoms with E-state index in [0.29, 0.717) is 15.6 Å². The second-order valence-corrected chi connectivity index (χ2v) is 7.58. The Hall–Kier alpha value is 0.500. The van der Waals surface area contributed by atoms with Crippen LogP contribution in [-0.2, 0) is 6.16 Å². The molecule has 0 amide bonds. The molecule has 1 aromatic rings. The van der Waals surface area contributed by atoms with Gasteiger partial charge in [0.05, 0.1) is 0 Å². The molecule has 0 aromatic heterocycles. The van der Waals surface area contributed by atoms with Crippen LogP contribution in [0, 0.1) is 0 Å². The Kier molecular flexibility index (Phi) is 3.87. The first-order valence-electron chi connectivity index (χ1n) is 3.49. The molecule has 0 spiro atoms. The number of benzene rings is 1. The van der Waals surface area contributed by atoms with E-state index in [9.17, 15) is 0 Å². The standard InChI is InChI=1S/C7H9Cl2O2PS/c8-6-2-1-5(7(9)3-6)4-12(10,11)13/h1-3,10-13H,4H2. The molecule has 0 unspecified atom stereocenters. The molecular formula is C7H9Cl2O2PS. The molecule has 0 aliphatic carbocycles. The van der Waals surface area contributed by atoms with Gasteiger partial charge in [-0.25, -0.2) is 0 Å². The van der Waals surface area contributed by atoms with Crippen molar-refractivity contribution in [2.75, 3.05) is 0 Å². The first-order valence-corrected chi connectivity index (χ1v) is 7.64. The molecule has 0 fully saturated rings. The Labute approximate surface area is 92.2 Å². The van der Waals surface area contributed by atoms with E-state index in [1.807, 2.05) is 0 Å². The van der Waals surface area contributed by atoms with E-state index in [2.05, 4.69) is 12.2 Å². The minimum absolute atomic E-state index is 0.0894. The van der Waals surface area contributed by atoms with E-state index in [4.69, 9.17) is 33.0 Å². The molecule has 1 rings (SSSR count). The summed E-state index contributed by atoms with van der Waals surface area (Å²) in [7, 11) is 0. The molecule has 0 saturated carbocycles. The van der Waals surface area contributed by atoms with Gasteiger partial charge in [0.1, 0.15) is 0 Å². The average molecular weight is 259 g/mol. The van der Waals surface area contributed by atoms with Gasteiger partial charge in [0.25, 0.3) is 0 Å². The Balaban J connectivity index is 2.90. The summed E-state index contributed by atoms with van der Waals surface area (Å²) in [6.07, 6.45) is 0.0894. The normalized spacial score (nSPS) is 13.0. The summed E-state index contributed by atoms with van der Waals surface area (Å²) in [5, 5.41) is 0.956. The van der Waals surface area contributed by atoms with Crippen molar-refractivity contribution in [3.05, 3.63) is 33.8 Å². The van der Waals surface area contributed by atoms with Gasteiger partial charge in [-0.2, -0.15) is 0 Å². The fourth-order valence-corrected chi connectivity index (χ4v) is 2.84. The van der Waals surface area contributed by atoms with Gasteiger partial charge in [0.15, 0.2) is 0 Å². The summed E-state index contributed by atoms with van der Waals surface area (Å²) in [6.45, 7) is -3.38. The Morgan fingerprint density at radius 1 is 1.31 bits per heavy atom. The molecule has 74 valence electrons. The SMILES string of the molecule is O[PH](O)(S)Cc1ccc(Cl)cc1Cl. The third kappa shape index (κ3) is 4.03. The third-order valence-electron chi connectivity index (χ3n) is 1.44. The fourth-order valence-electron chi connectivity index (χ4n) is 0.921. The first kappa shape index (κ1) is 11.6. The number of hydrogen-bond donors (Lipinski definition) is 3. The van der Waals surface area contributed by atoms with Crippen molar-refractivity contribution in [1.82, 2.24) is 0 Å². The first-order chi connectivity index (χ1) is 5.88. The number of hydrogen-bond acceptors (Lipinski definition) is 3. The van der Waals surface area contributed by atoms with Gasteiger partial charge in [-0.3, -0.25) is 0 Å². The summed E-state index contributed by atoms with van der Waals surface area (Å²) in [5.41, 5.74) is 0.651. The number of rotatable bonds is 2. The van der Waals surface area contributed by atoms with Gasteiger partial charge in [-0.1, -0.05) is 0 Å². The number of halogens is 2. The molecule has 13 heavy (non-hydrogen) atoms. The van der Waals surface area contributed by atoms with Gasteiger partial charge in [0.2, 0.25) is 0 Å².